The molecule has 0 saturated carbocycles. The molecule has 0 radical (unpaired) electrons. The van der Waals surface area contributed by atoms with E-state index in [-0.39, 0.29) is 12.0 Å². The molecule has 1 N–H and O–H groups in total. The normalized spacial score (nSPS) is 12.5. The first-order valence-corrected chi connectivity index (χ1v) is 15.4. The van der Waals surface area contributed by atoms with Crippen LogP contribution in [0.25, 0.3) is 0 Å². The number of rotatable bonds is 9. The number of aliphatic hydroxyl groups excluding tert-OH is 1. The van der Waals surface area contributed by atoms with E-state index in [0.29, 0.717) is 24.5 Å². The van der Waals surface area contributed by atoms with E-state index in [4.69, 9.17) is 9.47 Å². The van der Waals surface area contributed by atoms with Crippen molar-refractivity contribution >= 4 is 0 Å². The number of allylic oxidation sites excluding steroid dienone is 2. The van der Waals surface area contributed by atoms with Crippen LogP contribution in [0.4, 0.5) is 0 Å². The first kappa shape index (κ1) is 49.3. The van der Waals surface area contributed by atoms with Crippen LogP contribution in [0.1, 0.15) is 157 Å². The Bertz CT molecular complexity index is 426. The average Bonchev–Trinajstić information content (AvgIpc) is 2.75. The highest BCUT2D eigenvalue weighted by Gasteiger charge is 2.11. The molecule has 3 nitrogen and oxygen atoms in total. The predicted octanol–water partition coefficient (Wildman–Crippen LogP) is 11.6. The van der Waals surface area contributed by atoms with Gasteiger partial charge in [-0.05, 0) is 57.6 Å². The van der Waals surface area contributed by atoms with Crippen LogP contribution in [0.2, 0.25) is 0 Å². The van der Waals surface area contributed by atoms with Gasteiger partial charge >= 0.3 is 0 Å². The number of aliphatic hydroxyl groups is 1. The molecule has 0 aliphatic rings. The molecule has 3 heteroatoms. The molecule has 0 amide bonds. The zero-order valence-corrected chi connectivity index (χ0v) is 29.4. The molecule has 0 aromatic heterocycles. The maximum Gasteiger partial charge on any atom is 0.157 e. The predicted molar refractivity (Wildman–Crippen MR) is 174 cm³/mol. The van der Waals surface area contributed by atoms with E-state index in [1.54, 1.807) is 0 Å². The third-order valence-corrected chi connectivity index (χ3v) is 3.82. The molecule has 2 unspecified atom stereocenters. The van der Waals surface area contributed by atoms with Crippen molar-refractivity contribution in [2.75, 3.05) is 6.61 Å². The number of hydrogen-bond donors (Lipinski definition) is 1. The van der Waals surface area contributed by atoms with Gasteiger partial charge in [-0.2, -0.15) is 0 Å². The molecule has 0 bridgehead atoms. The molecule has 0 aromatic carbocycles. The summed E-state index contributed by atoms with van der Waals surface area (Å²) in [4.78, 5) is 0. The van der Waals surface area contributed by atoms with Gasteiger partial charge in [0.05, 0.1) is 18.8 Å². The lowest BCUT2D eigenvalue weighted by Gasteiger charge is -2.18. The summed E-state index contributed by atoms with van der Waals surface area (Å²) < 4.78 is 10.9. The molecule has 0 aromatic rings. The molecular weight excluding hydrogens is 456 g/mol. The Balaban J connectivity index is -0.0000000911. The first-order chi connectivity index (χ1) is 17.1. The van der Waals surface area contributed by atoms with Gasteiger partial charge < -0.3 is 14.6 Å². The van der Waals surface area contributed by atoms with E-state index in [1.165, 1.54) is 36.8 Å². The summed E-state index contributed by atoms with van der Waals surface area (Å²) in [5.74, 6) is 1.26. The molecular formula is C34H76O3. The zero-order valence-electron chi connectivity index (χ0n) is 29.4. The van der Waals surface area contributed by atoms with Gasteiger partial charge in [-0.3, -0.25) is 0 Å². The molecule has 0 aliphatic heterocycles. The fourth-order valence-corrected chi connectivity index (χ4v) is 2.13. The van der Waals surface area contributed by atoms with Crippen LogP contribution in [0.5, 0.6) is 0 Å². The Morgan fingerprint density at radius 2 is 1.05 bits per heavy atom. The monoisotopic (exact) mass is 533 g/mol. The summed E-state index contributed by atoms with van der Waals surface area (Å²) in [6.45, 7) is 40.4. The fraction of sp³-hybridized carbons (Fsp3) is 0.882. The van der Waals surface area contributed by atoms with Gasteiger partial charge in [-0.1, -0.05) is 135 Å². The van der Waals surface area contributed by atoms with Crippen molar-refractivity contribution in [3.05, 3.63) is 23.3 Å². The SMILES string of the molecule is C/C(=C/C(C)C)C(C)OC(C)C.C/C=C(\COC(O)C(C)C)C(C)C.CCC.CCC.CCC.CCC. The maximum atomic E-state index is 9.40. The quantitative estimate of drug-likeness (QED) is 0.237. The van der Waals surface area contributed by atoms with Crippen molar-refractivity contribution < 1.29 is 14.6 Å². The fourth-order valence-electron chi connectivity index (χ4n) is 2.13. The Morgan fingerprint density at radius 1 is 0.703 bits per heavy atom. The van der Waals surface area contributed by atoms with Crippen LogP contribution < -0.4 is 0 Å². The van der Waals surface area contributed by atoms with Crippen molar-refractivity contribution in [2.45, 2.75) is 176 Å². The Hall–Kier alpha value is -0.640. The second kappa shape index (κ2) is 39.9. The summed E-state index contributed by atoms with van der Waals surface area (Å²) in [6.07, 6.45) is 9.24. The van der Waals surface area contributed by atoms with E-state index in [2.05, 4.69) is 123 Å². The topological polar surface area (TPSA) is 38.7 Å². The van der Waals surface area contributed by atoms with Crippen LogP contribution in [0.3, 0.4) is 0 Å². The summed E-state index contributed by atoms with van der Waals surface area (Å²) >= 11 is 0. The van der Waals surface area contributed by atoms with Crippen molar-refractivity contribution in [3.63, 3.8) is 0 Å². The number of hydrogen-bond acceptors (Lipinski definition) is 3. The molecule has 0 rings (SSSR count). The molecule has 230 valence electrons. The summed E-state index contributed by atoms with van der Waals surface area (Å²) in [5, 5.41) is 9.40. The molecule has 37 heavy (non-hydrogen) atoms. The van der Waals surface area contributed by atoms with Crippen molar-refractivity contribution in [3.8, 4) is 0 Å². The summed E-state index contributed by atoms with van der Waals surface area (Å²) in [5.41, 5.74) is 2.57. The Kier molecular flexibility index (Phi) is 53.1. The minimum absolute atomic E-state index is 0.158. The molecule has 2 atom stereocenters. The van der Waals surface area contributed by atoms with Gasteiger partial charge in [0.25, 0.3) is 0 Å². The third kappa shape index (κ3) is 56.6. The van der Waals surface area contributed by atoms with Crippen LogP contribution in [-0.2, 0) is 9.47 Å². The van der Waals surface area contributed by atoms with Gasteiger partial charge in [0, 0.05) is 5.92 Å². The van der Waals surface area contributed by atoms with Gasteiger partial charge in [0.15, 0.2) is 6.29 Å². The van der Waals surface area contributed by atoms with E-state index in [9.17, 15) is 5.11 Å². The van der Waals surface area contributed by atoms with E-state index in [0.717, 1.165) is 0 Å². The van der Waals surface area contributed by atoms with Crippen LogP contribution >= 0.6 is 0 Å². The van der Waals surface area contributed by atoms with Gasteiger partial charge in [-0.15, -0.1) is 0 Å². The van der Waals surface area contributed by atoms with Crippen LogP contribution in [0, 0.1) is 17.8 Å². The zero-order chi connectivity index (χ0) is 31.0. The molecule has 0 fully saturated rings. The minimum atomic E-state index is -0.645. The second-order valence-corrected chi connectivity index (χ2v) is 10.8. The average molecular weight is 533 g/mol. The highest BCUT2D eigenvalue weighted by Crippen LogP contribution is 2.12. The van der Waals surface area contributed by atoms with E-state index < -0.39 is 6.29 Å². The van der Waals surface area contributed by atoms with E-state index >= 15 is 0 Å². The Labute approximate surface area is 237 Å². The van der Waals surface area contributed by atoms with Crippen LogP contribution in [0.15, 0.2) is 23.3 Å². The minimum Gasteiger partial charge on any atom is -0.372 e. The largest absolute Gasteiger partial charge is 0.372 e. The van der Waals surface area contributed by atoms with E-state index in [1.807, 2.05) is 20.8 Å². The van der Waals surface area contributed by atoms with Gasteiger partial charge in [0.2, 0.25) is 0 Å². The van der Waals surface area contributed by atoms with Gasteiger partial charge in [0.1, 0.15) is 0 Å². The Morgan fingerprint density at radius 3 is 1.27 bits per heavy atom. The highest BCUT2D eigenvalue weighted by molar-refractivity contribution is 5.05. The number of ether oxygens (including phenoxy) is 2. The van der Waals surface area contributed by atoms with Crippen molar-refractivity contribution in [1.29, 1.82) is 0 Å². The third-order valence-electron chi connectivity index (χ3n) is 3.82. The summed E-state index contributed by atoms with van der Waals surface area (Å²) in [7, 11) is 0. The molecule has 0 aliphatic carbocycles. The van der Waals surface area contributed by atoms with Crippen molar-refractivity contribution in [1.82, 2.24) is 0 Å². The second-order valence-electron chi connectivity index (χ2n) is 10.8. The smallest absolute Gasteiger partial charge is 0.157 e. The van der Waals surface area contributed by atoms with Crippen molar-refractivity contribution in [2.24, 2.45) is 17.8 Å². The molecule has 0 saturated heterocycles. The lowest BCUT2D eigenvalue weighted by atomic mass is 10.0. The van der Waals surface area contributed by atoms with Gasteiger partial charge in [-0.25, -0.2) is 0 Å². The summed E-state index contributed by atoms with van der Waals surface area (Å²) in [6, 6.07) is 0. The molecule has 0 spiro atoms. The highest BCUT2D eigenvalue weighted by atomic mass is 16.6. The maximum absolute atomic E-state index is 9.40. The lowest BCUT2D eigenvalue weighted by molar-refractivity contribution is -0.119. The van der Waals surface area contributed by atoms with Crippen LogP contribution in [-0.4, -0.2) is 30.2 Å². The first-order valence-electron chi connectivity index (χ1n) is 15.4. The standard InChI is InChI=1S/C11H22O2.C11H22O.4C3H8/c1-6-10(8(2)3)7-13-11(12)9(4)5;1-8(2)7-10(5)11(6)12-9(3)4;4*1-3-2/h6,8-9,11-12H,7H2,1-5H3;7-9,11H,1-6H3;4*3H2,1-2H3/b10-6+;10-7-;;;;. The molecule has 0 heterocycles. The lowest BCUT2D eigenvalue weighted by Crippen LogP contribution is -2.20.